The van der Waals surface area contributed by atoms with Crippen LogP contribution in [0.25, 0.3) is 0 Å². The van der Waals surface area contributed by atoms with Crippen LogP contribution in [0, 0.1) is 0 Å². The van der Waals surface area contributed by atoms with Gasteiger partial charge in [-0.05, 0) is 25.1 Å². The van der Waals surface area contributed by atoms with Gasteiger partial charge in [-0.15, -0.1) is 0 Å². The molecule has 1 aromatic carbocycles. The van der Waals surface area contributed by atoms with Gasteiger partial charge in [0, 0.05) is 55.9 Å². The van der Waals surface area contributed by atoms with E-state index in [9.17, 15) is 0 Å². The number of aromatic nitrogens is 2. The molecule has 142 valence electrons. The molecule has 0 spiro atoms. The summed E-state index contributed by atoms with van der Waals surface area (Å²) in [6.45, 7) is 7.88. The molecule has 1 aromatic heterocycles. The maximum Gasteiger partial charge on any atom is 0.207 e. The molecule has 3 rings (SSSR count). The summed E-state index contributed by atoms with van der Waals surface area (Å²) in [6.07, 6.45) is 0.794. The van der Waals surface area contributed by atoms with Gasteiger partial charge < -0.3 is 15.4 Å². The van der Waals surface area contributed by atoms with Gasteiger partial charge in [0.25, 0.3) is 0 Å². The van der Waals surface area contributed by atoms with E-state index >= 15 is 0 Å². The third kappa shape index (κ3) is 6.04. The molecule has 0 saturated carbocycles. The predicted octanol–water partition coefficient (Wildman–Crippen LogP) is 3.44. The van der Waals surface area contributed by atoms with Gasteiger partial charge >= 0.3 is 0 Å². The van der Waals surface area contributed by atoms with E-state index in [1.165, 1.54) is 11.5 Å². The predicted molar refractivity (Wildman–Crippen MR) is 108 cm³/mol. The molecular formula is C17H23Cl2N5OS. The van der Waals surface area contributed by atoms with Crippen molar-refractivity contribution in [1.29, 1.82) is 0 Å². The zero-order valence-corrected chi connectivity index (χ0v) is 17.0. The number of nitrogens with one attached hydrogen (secondary N) is 2. The maximum absolute atomic E-state index is 6.04. The quantitative estimate of drug-likeness (QED) is 0.688. The van der Waals surface area contributed by atoms with Crippen molar-refractivity contribution in [3.8, 4) is 0 Å². The summed E-state index contributed by atoms with van der Waals surface area (Å²) in [4.78, 5) is 6.97. The van der Waals surface area contributed by atoms with Crippen LogP contribution in [-0.2, 0) is 11.2 Å². The van der Waals surface area contributed by atoms with Crippen molar-refractivity contribution in [2.75, 3.05) is 44.7 Å². The number of rotatable bonds is 8. The second-order valence-electron chi connectivity index (χ2n) is 6.28. The number of hydrogen-bond donors (Lipinski definition) is 2. The van der Waals surface area contributed by atoms with Gasteiger partial charge in [0.15, 0.2) is 0 Å². The molecule has 1 atom stereocenters. The second-order valence-corrected chi connectivity index (χ2v) is 7.85. The van der Waals surface area contributed by atoms with E-state index in [1.807, 2.05) is 6.07 Å². The minimum absolute atomic E-state index is 0.323. The number of halogens is 2. The molecule has 1 fully saturated rings. The van der Waals surface area contributed by atoms with Gasteiger partial charge in [0.2, 0.25) is 5.13 Å². The lowest BCUT2D eigenvalue weighted by Crippen LogP contribution is -2.42. The van der Waals surface area contributed by atoms with Gasteiger partial charge in [-0.2, -0.15) is 4.37 Å². The van der Waals surface area contributed by atoms with Crippen LogP contribution in [0.2, 0.25) is 10.0 Å². The average Bonchev–Trinajstić information content (AvgIpc) is 3.06. The topological polar surface area (TPSA) is 62.3 Å². The molecule has 2 heterocycles. The van der Waals surface area contributed by atoms with Crippen molar-refractivity contribution in [1.82, 2.24) is 19.6 Å². The molecule has 0 radical (unpaired) electrons. The van der Waals surface area contributed by atoms with Gasteiger partial charge in [-0.25, -0.2) is 4.98 Å². The number of morpholine rings is 1. The molecule has 0 aliphatic carbocycles. The summed E-state index contributed by atoms with van der Waals surface area (Å²) >= 11 is 13.3. The van der Waals surface area contributed by atoms with E-state index in [2.05, 4.69) is 31.8 Å². The van der Waals surface area contributed by atoms with E-state index in [1.54, 1.807) is 12.1 Å². The number of anilines is 2. The fourth-order valence-corrected chi connectivity index (χ4v) is 3.64. The molecule has 1 aliphatic heterocycles. The Bertz CT molecular complexity index is 708. The Labute approximate surface area is 168 Å². The summed E-state index contributed by atoms with van der Waals surface area (Å²) in [5.74, 6) is 0.837. The highest BCUT2D eigenvalue weighted by atomic mass is 35.5. The molecular weight excluding hydrogens is 393 g/mol. The van der Waals surface area contributed by atoms with Crippen molar-refractivity contribution < 1.29 is 4.74 Å². The molecule has 6 nitrogen and oxygen atoms in total. The third-order valence-corrected chi connectivity index (χ3v) is 5.56. The monoisotopic (exact) mass is 415 g/mol. The lowest BCUT2D eigenvalue weighted by Gasteiger charge is -2.27. The van der Waals surface area contributed by atoms with Crippen molar-refractivity contribution in [2.24, 2.45) is 0 Å². The second kappa shape index (κ2) is 9.82. The van der Waals surface area contributed by atoms with E-state index in [0.717, 1.165) is 62.5 Å². The van der Waals surface area contributed by atoms with E-state index in [-0.39, 0.29) is 0 Å². The summed E-state index contributed by atoms with van der Waals surface area (Å²) in [5, 5.41) is 8.55. The van der Waals surface area contributed by atoms with Crippen LogP contribution in [0.5, 0.6) is 0 Å². The number of ether oxygens (including phenoxy) is 1. The smallest absolute Gasteiger partial charge is 0.207 e. The minimum Gasteiger partial charge on any atom is -0.379 e. The molecule has 0 bridgehead atoms. The summed E-state index contributed by atoms with van der Waals surface area (Å²) < 4.78 is 9.80. The van der Waals surface area contributed by atoms with Crippen LogP contribution in [0.1, 0.15) is 12.7 Å². The highest BCUT2D eigenvalue weighted by molar-refractivity contribution is 7.09. The molecule has 9 heteroatoms. The Hall–Kier alpha value is -0.960. The standard InChI is InChI=1S/C17H23Cl2N5OS/c1-12(20-4-5-24-6-8-25-9-7-24)10-16-22-17(26-23-16)21-13-2-3-14(18)15(19)11-13/h2-3,11-12,20H,4-10H2,1H3,(H,21,22,23). The van der Waals surface area contributed by atoms with E-state index in [4.69, 9.17) is 27.9 Å². The molecule has 1 unspecified atom stereocenters. The maximum atomic E-state index is 6.04. The lowest BCUT2D eigenvalue weighted by atomic mass is 10.2. The molecule has 0 amide bonds. The number of nitrogens with zero attached hydrogens (tertiary/aromatic N) is 3. The van der Waals surface area contributed by atoms with Crippen molar-refractivity contribution in [2.45, 2.75) is 19.4 Å². The SMILES string of the molecule is CC(Cc1nsc(Nc2ccc(Cl)c(Cl)c2)n1)NCCN1CCOCC1. The van der Waals surface area contributed by atoms with Crippen molar-refractivity contribution >= 4 is 45.6 Å². The molecule has 2 N–H and O–H groups in total. The Morgan fingerprint density at radius 1 is 1.27 bits per heavy atom. The first-order valence-corrected chi connectivity index (χ1v) is 10.2. The molecule has 1 saturated heterocycles. The van der Waals surface area contributed by atoms with Crippen LogP contribution in [-0.4, -0.2) is 59.7 Å². The van der Waals surface area contributed by atoms with E-state index < -0.39 is 0 Å². The van der Waals surface area contributed by atoms with Gasteiger partial charge in [0.1, 0.15) is 5.82 Å². The fourth-order valence-electron chi connectivity index (χ4n) is 2.72. The summed E-state index contributed by atoms with van der Waals surface area (Å²) in [7, 11) is 0. The lowest BCUT2D eigenvalue weighted by molar-refractivity contribution is 0.0382. The van der Waals surface area contributed by atoms with Crippen LogP contribution in [0.3, 0.4) is 0 Å². The molecule has 1 aliphatic rings. The average molecular weight is 416 g/mol. The first-order chi connectivity index (χ1) is 12.6. The Morgan fingerprint density at radius 3 is 2.85 bits per heavy atom. The number of benzene rings is 1. The normalized spacial score (nSPS) is 16.6. The van der Waals surface area contributed by atoms with E-state index in [0.29, 0.717) is 16.1 Å². The Balaban J connectivity index is 1.42. The minimum atomic E-state index is 0.323. The zero-order valence-electron chi connectivity index (χ0n) is 14.7. The van der Waals surface area contributed by atoms with Crippen molar-refractivity contribution in [3.63, 3.8) is 0 Å². The van der Waals surface area contributed by atoms with Gasteiger partial charge in [-0.1, -0.05) is 23.2 Å². The first-order valence-electron chi connectivity index (χ1n) is 8.68. The zero-order chi connectivity index (χ0) is 18.4. The Kier molecular flexibility index (Phi) is 7.48. The van der Waals surface area contributed by atoms with Gasteiger partial charge in [0.05, 0.1) is 23.3 Å². The van der Waals surface area contributed by atoms with Crippen molar-refractivity contribution in [3.05, 3.63) is 34.1 Å². The fraction of sp³-hybridized carbons (Fsp3) is 0.529. The van der Waals surface area contributed by atoms with Crippen LogP contribution in [0.4, 0.5) is 10.8 Å². The molecule has 26 heavy (non-hydrogen) atoms. The Morgan fingerprint density at radius 2 is 2.08 bits per heavy atom. The largest absolute Gasteiger partial charge is 0.379 e. The van der Waals surface area contributed by atoms with Crippen LogP contribution < -0.4 is 10.6 Å². The summed E-state index contributed by atoms with van der Waals surface area (Å²) in [5.41, 5.74) is 0.846. The summed E-state index contributed by atoms with van der Waals surface area (Å²) in [6, 6.07) is 5.73. The number of hydrogen-bond acceptors (Lipinski definition) is 7. The third-order valence-electron chi connectivity index (χ3n) is 4.15. The highest BCUT2D eigenvalue weighted by Crippen LogP contribution is 2.27. The van der Waals surface area contributed by atoms with Crippen LogP contribution in [0.15, 0.2) is 18.2 Å². The first kappa shape index (κ1) is 19.8. The van der Waals surface area contributed by atoms with Crippen LogP contribution >= 0.6 is 34.7 Å². The van der Waals surface area contributed by atoms with Gasteiger partial charge in [-0.3, -0.25) is 4.90 Å². The highest BCUT2D eigenvalue weighted by Gasteiger charge is 2.12. The molecule has 2 aromatic rings.